The lowest BCUT2D eigenvalue weighted by Crippen LogP contribution is -1.85. The summed E-state index contributed by atoms with van der Waals surface area (Å²) in [7, 11) is 1.56. The molecule has 0 atom stereocenters. The molecule has 0 amide bonds. The largest absolute Gasteiger partial charge is 0.377 e. The molecule has 14 heavy (non-hydrogen) atoms. The molecule has 0 saturated carbocycles. The van der Waals surface area contributed by atoms with Gasteiger partial charge in [-0.3, -0.25) is 0 Å². The van der Waals surface area contributed by atoms with Crippen molar-refractivity contribution in [3.8, 4) is 11.6 Å². The van der Waals surface area contributed by atoms with E-state index in [9.17, 15) is 0 Å². The minimum Gasteiger partial charge on any atom is -0.377 e. The first-order chi connectivity index (χ1) is 6.79. The van der Waals surface area contributed by atoms with Crippen LogP contribution in [-0.2, 0) is 11.3 Å². The highest BCUT2D eigenvalue weighted by Crippen LogP contribution is 2.17. The Labute approximate surface area is 78.8 Å². The number of ether oxygens (including phenoxy) is 1. The van der Waals surface area contributed by atoms with Crippen LogP contribution in [0.5, 0.6) is 0 Å². The number of aromatic nitrogens is 3. The molecule has 0 unspecified atom stereocenters. The second-order valence-electron chi connectivity index (χ2n) is 2.57. The lowest BCUT2D eigenvalue weighted by atomic mass is 10.4. The number of hydrogen-bond acceptors (Lipinski definition) is 7. The fourth-order valence-corrected chi connectivity index (χ4v) is 0.963. The number of hydrogen-bond donors (Lipinski definition) is 1. The van der Waals surface area contributed by atoms with Crippen molar-refractivity contribution in [2.45, 2.75) is 6.61 Å². The highest BCUT2D eigenvalue weighted by atomic mass is 16.5. The number of nitrogen functional groups attached to an aromatic ring is 1. The van der Waals surface area contributed by atoms with Gasteiger partial charge in [0.1, 0.15) is 6.61 Å². The van der Waals surface area contributed by atoms with E-state index in [1.54, 1.807) is 13.2 Å². The summed E-state index contributed by atoms with van der Waals surface area (Å²) in [6.45, 7) is 0.344. The molecule has 0 aliphatic rings. The van der Waals surface area contributed by atoms with Gasteiger partial charge < -0.3 is 19.5 Å². The van der Waals surface area contributed by atoms with Crippen molar-refractivity contribution in [3.05, 3.63) is 11.8 Å². The second kappa shape index (κ2) is 3.46. The molecule has 0 radical (unpaired) electrons. The highest BCUT2D eigenvalue weighted by Gasteiger charge is 2.12. The van der Waals surface area contributed by atoms with Crippen LogP contribution in [0.1, 0.15) is 5.76 Å². The topological polar surface area (TPSA) is 100 Å². The Balaban J connectivity index is 2.24. The third-order valence-corrected chi connectivity index (χ3v) is 1.51. The third kappa shape index (κ3) is 1.57. The smallest absolute Gasteiger partial charge is 0.281 e. The molecule has 0 spiro atoms. The molecule has 0 bridgehead atoms. The number of anilines is 1. The van der Waals surface area contributed by atoms with E-state index >= 15 is 0 Å². The van der Waals surface area contributed by atoms with Crippen molar-refractivity contribution in [3.63, 3.8) is 0 Å². The SMILES string of the molecule is COCc1cc(-c2nc(N)no2)no1. The molecule has 0 aliphatic carbocycles. The average Bonchev–Trinajstić information content (AvgIpc) is 2.74. The van der Waals surface area contributed by atoms with E-state index < -0.39 is 0 Å². The Kier molecular flexibility index (Phi) is 2.15. The molecule has 2 rings (SSSR count). The van der Waals surface area contributed by atoms with Gasteiger partial charge in [0.15, 0.2) is 11.5 Å². The number of methoxy groups -OCH3 is 1. The van der Waals surface area contributed by atoms with Crippen molar-refractivity contribution in [1.82, 2.24) is 15.3 Å². The second-order valence-corrected chi connectivity index (χ2v) is 2.57. The zero-order valence-corrected chi connectivity index (χ0v) is 7.43. The van der Waals surface area contributed by atoms with Gasteiger partial charge in [0.05, 0.1) is 0 Å². The Bertz CT molecular complexity index is 422. The van der Waals surface area contributed by atoms with Crippen molar-refractivity contribution in [1.29, 1.82) is 0 Å². The van der Waals surface area contributed by atoms with E-state index in [0.717, 1.165) is 0 Å². The lowest BCUT2D eigenvalue weighted by Gasteiger charge is -1.87. The summed E-state index contributed by atoms with van der Waals surface area (Å²) in [6.07, 6.45) is 0. The lowest BCUT2D eigenvalue weighted by molar-refractivity contribution is 0.156. The molecule has 2 aromatic heterocycles. The molecule has 2 heterocycles. The van der Waals surface area contributed by atoms with Crippen molar-refractivity contribution in [2.24, 2.45) is 0 Å². The fraction of sp³-hybridized carbons (Fsp3) is 0.286. The van der Waals surface area contributed by atoms with Crippen LogP contribution in [0, 0.1) is 0 Å². The van der Waals surface area contributed by atoms with Crippen molar-refractivity contribution >= 4 is 5.95 Å². The molecule has 0 saturated heterocycles. The Hall–Kier alpha value is -1.89. The van der Waals surface area contributed by atoms with Gasteiger partial charge in [-0.05, 0) is 5.16 Å². The van der Waals surface area contributed by atoms with Crippen LogP contribution in [-0.4, -0.2) is 22.4 Å². The molecular formula is C7H8N4O3. The molecule has 0 fully saturated rings. The van der Waals surface area contributed by atoms with E-state index in [4.69, 9.17) is 19.5 Å². The predicted octanol–water partition coefficient (Wildman–Crippen LogP) is 0.453. The zero-order valence-electron chi connectivity index (χ0n) is 7.43. The molecule has 7 nitrogen and oxygen atoms in total. The maximum absolute atomic E-state index is 5.28. The standard InChI is InChI=1S/C7H8N4O3/c1-12-3-4-2-5(10-13-4)6-9-7(8)11-14-6/h2H,3H2,1H3,(H2,8,11). The molecule has 0 aliphatic heterocycles. The number of nitrogens with zero attached hydrogens (tertiary/aromatic N) is 3. The first-order valence-corrected chi connectivity index (χ1v) is 3.83. The summed E-state index contributed by atoms with van der Waals surface area (Å²) < 4.78 is 14.6. The summed E-state index contributed by atoms with van der Waals surface area (Å²) in [4.78, 5) is 3.79. The third-order valence-electron chi connectivity index (χ3n) is 1.51. The molecule has 2 N–H and O–H groups in total. The summed E-state index contributed by atoms with van der Waals surface area (Å²) in [5, 5.41) is 7.14. The minimum absolute atomic E-state index is 0.0660. The zero-order chi connectivity index (χ0) is 9.97. The van der Waals surface area contributed by atoms with Gasteiger partial charge in [-0.25, -0.2) is 0 Å². The van der Waals surface area contributed by atoms with Gasteiger partial charge >= 0.3 is 0 Å². The summed E-state index contributed by atoms with van der Waals surface area (Å²) in [5.41, 5.74) is 5.73. The van der Waals surface area contributed by atoms with E-state index in [-0.39, 0.29) is 11.8 Å². The van der Waals surface area contributed by atoms with E-state index in [1.165, 1.54) is 0 Å². The van der Waals surface area contributed by atoms with Gasteiger partial charge in [-0.1, -0.05) is 5.16 Å². The predicted molar refractivity (Wildman–Crippen MR) is 44.9 cm³/mol. The monoisotopic (exact) mass is 196 g/mol. The van der Waals surface area contributed by atoms with Crippen LogP contribution in [0.15, 0.2) is 15.1 Å². The van der Waals surface area contributed by atoms with Crippen LogP contribution in [0.4, 0.5) is 5.95 Å². The molecule has 74 valence electrons. The van der Waals surface area contributed by atoms with Crippen LogP contribution in [0.2, 0.25) is 0 Å². The maximum atomic E-state index is 5.28. The highest BCUT2D eigenvalue weighted by molar-refractivity contribution is 5.47. The van der Waals surface area contributed by atoms with Gasteiger partial charge in [0.25, 0.3) is 11.8 Å². The van der Waals surface area contributed by atoms with Crippen molar-refractivity contribution in [2.75, 3.05) is 12.8 Å². The Morgan fingerprint density at radius 1 is 1.43 bits per heavy atom. The molecule has 7 heteroatoms. The van der Waals surface area contributed by atoms with E-state index in [2.05, 4.69) is 15.3 Å². The fourth-order valence-electron chi connectivity index (χ4n) is 0.963. The number of rotatable bonds is 3. The average molecular weight is 196 g/mol. The van der Waals surface area contributed by atoms with Crippen LogP contribution < -0.4 is 5.73 Å². The summed E-state index contributed by atoms with van der Waals surface area (Å²) in [6, 6.07) is 1.65. The number of nitrogens with two attached hydrogens (primary N) is 1. The van der Waals surface area contributed by atoms with E-state index in [0.29, 0.717) is 18.1 Å². The normalized spacial score (nSPS) is 10.6. The van der Waals surface area contributed by atoms with Gasteiger partial charge in [-0.15, -0.1) is 0 Å². The molecule has 0 aromatic carbocycles. The van der Waals surface area contributed by atoms with E-state index in [1.807, 2.05) is 0 Å². The Morgan fingerprint density at radius 3 is 2.93 bits per heavy atom. The molecule has 2 aromatic rings. The maximum Gasteiger partial charge on any atom is 0.281 e. The van der Waals surface area contributed by atoms with Crippen molar-refractivity contribution < 1.29 is 13.8 Å². The summed E-state index contributed by atoms with van der Waals surface area (Å²) >= 11 is 0. The van der Waals surface area contributed by atoms with Crippen LogP contribution in [0.3, 0.4) is 0 Å². The summed E-state index contributed by atoms with van der Waals surface area (Å²) in [5.74, 6) is 0.879. The first-order valence-electron chi connectivity index (χ1n) is 3.83. The first kappa shape index (κ1) is 8.70. The quantitative estimate of drug-likeness (QED) is 0.760. The van der Waals surface area contributed by atoms with Gasteiger partial charge in [0.2, 0.25) is 0 Å². The minimum atomic E-state index is 0.0660. The van der Waals surface area contributed by atoms with Crippen LogP contribution in [0.25, 0.3) is 11.6 Å². The van der Waals surface area contributed by atoms with Gasteiger partial charge in [-0.2, -0.15) is 4.98 Å². The molecular weight excluding hydrogens is 188 g/mol. The van der Waals surface area contributed by atoms with Crippen LogP contribution >= 0.6 is 0 Å². The Morgan fingerprint density at radius 2 is 2.29 bits per heavy atom. The van der Waals surface area contributed by atoms with Gasteiger partial charge in [0, 0.05) is 13.2 Å².